The zero-order valence-electron chi connectivity index (χ0n) is 11.2. The molecule has 0 atom stereocenters. The van der Waals surface area contributed by atoms with Gasteiger partial charge in [-0.3, -0.25) is 14.1 Å². The number of imidazole rings is 1. The van der Waals surface area contributed by atoms with E-state index in [2.05, 4.69) is 19.9 Å². The van der Waals surface area contributed by atoms with Crippen LogP contribution >= 0.6 is 0 Å². The van der Waals surface area contributed by atoms with Crippen LogP contribution in [0.1, 0.15) is 0 Å². The van der Waals surface area contributed by atoms with E-state index in [-0.39, 0.29) is 11.0 Å². The van der Waals surface area contributed by atoms with Crippen LogP contribution in [0.25, 0.3) is 11.0 Å². The second kappa shape index (κ2) is 6.37. The molecule has 0 spiro atoms. The van der Waals surface area contributed by atoms with Gasteiger partial charge in [0.05, 0.1) is 11.8 Å². The molecule has 0 radical (unpaired) electrons. The highest BCUT2D eigenvalue weighted by Gasteiger charge is 2.19. The topological polar surface area (TPSA) is 163 Å². The highest BCUT2D eigenvalue weighted by molar-refractivity contribution is 7.86. The summed E-state index contributed by atoms with van der Waals surface area (Å²) in [5.74, 6) is 0. The first-order chi connectivity index (χ1) is 10.7. The third-order valence-corrected chi connectivity index (χ3v) is 4.11. The van der Waals surface area contributed by atoms with Gasteiger partial charge >= 0.3 is 10.1 Å². The van der Waals surface area contributed by atoms with Gasteiger partial charge in [0.2, 0.25) is 0 Å². The molecule has 0 aliphatic rings. The van der Waals surface area contributed by atoms with Crippen molar-refractivity contribution in [2.75, 3.05) is 0 Å². The molecule has 3 rings (SSSR count). The molecular formula is C11H10N4O6S2. The summed E-state index contributed by atoms with van der Waals surface area (Å²) in [6.07, 6.45) is 6.21. The Balaban J connectivity index is 0.000000326. The van der Waals surface area contributed by atoms with Crippen LogP contribution in [0.15, 0.2) is 53.0 Å². The van der Waals surface area contributed by atoms with Gasteiger partial charge in [0.15, 0.2) is 5.03 Å². The summed E-state index contributed by atoms with van der Waals surface area (Å²) in [5.41, 5.74) is -0.271. The molecular weight excluding hydrogens is 348 g/mol. The molecule has 0 amide bonds. The van der Waals surface area contributed by atoms with E-state index in [4.69, 9.17) is 9.11 Å². The molecule has 0 aromatic carbocycles. The van der Waals surface area contributed by atoms with Crippen molar-refractivity contribution in [3.63, 3.8) is 0 Å². The Labute approximate surface area is 130 Å². The van der Waals surface area contributed by atoms with Crippen molar-refractivity contribution >= 4 is 31.3 Å². The summed E-state index contributed by atoms with van der Waals surface area (Å²) in [4.78, 5) is 13.1. The Bertz CT molecular complexity index is 999. The molecule has 0 saturated carbocycles. The van der Waals surface area contributed by atoms with Crippen molar-refractivity contribution in [2.45, 2.75) is 9.92 Å². The zero-order chi connectivity index (χ0) is 17.1. The largest absolute Gasteiger partial charge is 0.351 e. The number of nitrogens with zero attached hydrogens (tertiary/aromatic N) is 3. The second-order valence-electron chi connectivity index (χ2n) is 4.04. The Morgan fingerprint density at radius 1 is 0.957 bits per heavy atom. The maximum absolute atomic E-state index is 11.1. The van der Waals surface area contributed by atoms with Gasteiger partial charge in [0.1, 0.15) is 10.4 Å². The third kappa shape index (κ3) is 4.29. The molecule has 3 N–H and O–H groups in total. The van der Waals surface area contributed by atoms with Gasteiger partial charge in [-0.1, -0.05) is 0 Å². The van der Waals surface area contributed by atoms with E-state index in [1.54, 1.807) is 18.7 Å². The molecule has 12 heteroatoms. The lowest BCUT2D eigenvalue weighted by Crippen LogP contribution is -2.05. The van der Waals surface area contributed by atoms with Crippen molar-refractivity contribution in [2.24, 2.45) is 0 Å². The van der Waals surface area contributed by atoms with Gasteiger partial charge in [-0.25, -0.2) is 9.97 Å². The number of rotatable bonds is 2. The lowest BCUT2D eigenvalue weighted by atomic mass is 10.3. The number of aromatic amines is 1. The first-order valence-electron chi connectivity index (χ1n) is 5.83. The quantitative estimate of drug-likeness (QED) is 0.554. The van der Waals surface area contributed by atoms with Crippen molar-refractivity contribution in [1.29, 1.82) is 0 Å². The molecule has 0 saturated heterocycles. The number of nitrogens with one attached hydrogen (secondary N) is 1. The number of fused-ring (bicyclic) bond motifs is 1. The summed E-state index contributed by atoms with van der Waals surface area (Å²) in [5, 5.41) is -0.729. The van der Waals surface area contributed by atoms with Crippen LogP contribution < -0.4 is 0 Å². The number of aromatic nitrogens is 4. The van der Waals surface area contributed by atoms with E-state index in [1.165, 1.54) is 6.07 Å². The van der Waals surface area contributed by atoms with Gasteiger partial charge < -0.3 is 4.98 Å². The minimum Gasteiger partial charge on any atom is -0.351 e. The number of pyridine rings is 2. The van der Waals surface area contributed by atoms with Crippen LogP contribution in [0.2, 0.25) is 0 Å². The highest BCUT2D eigenvalue weighted by atomic mass is 32.2. The maximum atomic E-state index is 11.1. The zero-order valence-corrected chi connectivity index (χ0v) is 12.9. The van der Waals surface area contributed by atoms with E-state index < -0.39 is 30.2 Å². The fourth-order valence-electron chi connectivity index (χ4n) is 1.55. The molecule has 23 heavy (non-hydrogen) atoms. The average Bonchev–Trinajstić information content (AvgIpc) is 3.03. The fourth-order valence-corrected chi connectivity index (χ4v) is 2.62. The molecule has 0 aliphatic carbocycles. The van der Waals surface area contributed by atoms with Crippen LogP contribution in [-0.4, -0.2) is 45.9 Å². The Hall–Kier alpha value is -2.41. The highest BCUT2D eigenvalue weighted by Crippen LogP contribution is 2.20. The predicted molar refractivity (Wildman–Crippen MR) is 77.8 cm³/mol. The minimum atomic E-state index is -4.57. The second-order valence-corrected chi connectivity index (χ2v) is 6.80. The van der Waals surface area contributed by atoms with Crippen LogP contribution in [0, 0.1) is 0 Å². The van der Waals surface area contributed by atoms with Crippen molar-refractivity contribution in [1.82, 2.24) is 19.9 Å². The van der Waals surface area contributed by atoms with E-state index >= 15 is 0 Å². The standard InChI is InChI=1S/C8H6N2O6S2.C3H4N2/c11-17(12,13)6-3-4-9-5-1-2-7(10-8(5)6)18(14,15)16;1-2-5-3-4-1/h1-4H,(H,11,12,13)(H,14,15,16);1-3H,(H,4,5). The van der Waals surface area contributed by atoms with Crippen molar-refractivity contribution in [3.8, 4) is 0 Å². The molecule has 0 bridgehead atoms. The number of hydrogen-bond donors (Lipinski definition) is 3. The van der Waals surface area contributed by atoms with Crippen molar-refractivity contribution < 1.29 is 25.9 Å². The summed E-state index contributed by atoms with van der Waals surface area (Å²) < 4.78 is 61.8. The van der Waals surface area contributed by atoms with Gasteiger partial charge in [-0.05, 0) is 18.2 Å². The van der Waals surface area contributed by atoms with Crippen LogP contribution in [0.3, 0.4) is 0 Å². The van der Waals surface area contributed by atoms with E-state index in [0.29, 0.717) is 0 Å². The Kier molecular flexibility index (Phi) is 4.70. The number of hydrogen-bond acceptors (Lipinski definition) is 7. The Morgan fingerprint density at radius 3 is 2.17 bits per heavy atom. The summed E-state index contributed by atoms with van der Waals surface area (Å²) in [7, 11) is -9.14. The average molecular weight is 358 g/mol. The van der Waals surface area contributed by atoms with Crippen molar-refractivity contribution in [3.05, 3.63) is 43.1 Å². The summed E-state index contributed by atoms with van der Waals surface area (Å²) in [6.45, 7) is 0. The Morgan fingerprint density at radius 2 is 1.70 bits per heavy atom. The predicted octanol–water partition coefficient (Wildman–Crippen LogP) is 0.533. The molecule has 3 aromatic heterocycles. The smallest absolute Gasteiger partial charge is 0.312 e. The summed E-state index contributed by atoms with van der Waals surface area (Å²) >= 11 is 0. The van der Waals surface area contributed by atoms with Crippen LogP contribution in [0.4, 0.5) is 0 Å². The molecule has 10 nitrogen and oxygen atoms in total. The van der Waals surface area contributed by atoms with Gasteiger partial charge in [0.25, 0.3) is 10.1 Å². The summed E-state index contributed by atoms with van der Waals surface area (Å²) in [6, 6.07) is 3.11. The lowest BCUT2D eigenvalue weighted by molar-refractivity contribution is 0.477. The maximum Gasteiger partial charge on any atom is 0.312 e. The van der Waals surface area contributed by atoms with Gasteiger partial charge in [-0.2, -0.15) is 16.8 Å². The van der Waals surface area contributed by atoms with E-state index in [1.807, 2.05) is 0 Å². The van der Waals surface area contributed by atoms with Crippen LogP contribution in [-0.2, 0) is 20.2 Å². The lowest BCUT2D eigenvalue weighted by Gasteiger charge is -2.03. The molecule has 0 fully saturated rings. The molecule has 0 aliphatic heterocycles. The number of H-pyrrole nitrogens is 1. The van der Waals surface area contributed by atoms with E-state index in [9.17, 15) is 16.8 Å². The molecule has 3 heterocycles. The monoisotopic (exact) mass is 358 g/mol. The first-order valence-corrected chi connectivity index (χ1v) is 8.71. The van der Waals surface area contributed by atoms with Gasteiger partial charge in [0, 0.05) is 18.6 Å². The minimum absolute atomic E-state index is 0.0672. The molecule has 0 unspecified atom stereocenters. The first kappa shape index (κ1) is 17.0. The SMILES string of the molecule is O=S(=O)(O)c1ccc2nccc(S(=O)(=O)O)c2n1.c1c[nH]cn1. The van der Waals surface area contributed by atoms with Gasteiger partial charge in [-0.15, -0.1) is 0 Å². The molecule has 122 valence electrons. The fraction of sp³-hybridized carbons (Fsp3) is 0. The van der Waals surface area contributed by atoms with E-state index in [0.717, 1.165) is 18.3 Å². The van der Waals surface area contributed by atoms with Crippen LogP contribution in [0.5, 0.6) is 0 Å². The molecule has 3 aromatic rings. The third-order valence-electron chi connectivity index (χ3n) is 2.47. The normalized spacial score (nSPS) is 11.7.